The van der Waals surface area contributed by atoms with Crippen molar-refractivity contribution in [3.8, 4) is 6.07 Å². The Morgan fingerprint density at radius 2 is 1.50 bits per heavy atom. The Bertz CT molecular complexity index is 1280. The minimum absolute atomic E-state index is 0.0982. The van der Waals surface area contributed by atoms with Gasteiger partial charge in [-0.05, 0) is 89.7 Å². The number of rotatable bonds is 20. The summed E-state index contributed by atoms with van der Waals surface area (Å²) in [6.45, 7) is 9.55. The molecule has 2 N–H and O–H groups in total. The molecule has 2 rings (SSSR count). The summed E-state index contributed by atoms with van der Waals surface area (Å²) in [5, 5.41) is 28.7. The predicted octanol–water partition coefficient (Wildman–Crippen LogP) is 7.77. The standard InChI is InChI=1S/C37H51NO6S2/c1-6-7-21-43-33(41)36(4,24-30(23-35(2,3)27-38)28-16-10-8-11-17-28)26-37(5,46-32(45)29-18-12-9-13-19-29)34(42)44-22-15-14-20-31(40)25-39/h8-13,16-19,30-31,39-40H,6-7,14-15,20-26H2,1-5H3. The van der Waals surface area contributed by atoms with Crippen molar-refractivity contribution < 1.29 is 29.3 Å². The summed E-state index contributed by atoms with van der Waals surface area (Å²) in [4.78, 5) is 28.1. The maximum Gasteiger partial charge on any atom is 0.322 e. The van der Waals surface area contributed by atoms with Crippen LogP contribution >= 0.6 is 24.0 Å². The number of thiocarbonyl (C=S) groups is 1. The van der Waals surface area contributed by atoms with Gasteiger partial charge in [0.05, 0.1) is 47.0 Å². The van der Waals surface area contributed by atoms with Crippen LogP contribution in [0, 0.1) is 22.2 Å². The number of hydrogen-bond acceptors (Lipinski definition) is 9. The maximum absolute atomic E-state index is 14.1. The van der Waals surface area contributed by atoms with E-state index in [1.807, 2.05) is 88.4 Å². The lowest BCUT2D eigenvalue weighted by Crippen LogP contribution is -2.44. The third-order valence-electron chi connectivity index (χ3n) is 8.11. The zero-order chi connectivity index (χ0) is 34.2. The van der Waals surface area contributed by atoms with E-state index in [1.54, 1.807) is 6.92 Å². The second-order valence-corrected chi connectivity index (χ2v) is 15.4. The largest absolute Gasteiger partial charge is 0.465 e. The number of nitriles is 1. The summed E-state index contributed by atoms with van der Waals surface area (Å²) >= 11 is 7.05. The number of aliphatic hydroxyl groups is 2. The molecule has 0 spiro atoms. The summed E-state index contributed by atoms with van der Waals surface area (Å²) in [5.74, 6) is -1.04. The van der Waals surface area contributed by atoms with Gasteiger partial charge in [0.25, 0.3) is 0 Å². The molecular formula is C37H51NO6S2. The monoisotopic (exact) mass is 669 g/mol. The molecule has 0 heterocycles. The van der Waals surface area contributed by atoms with Crippen molar-refractivity contribution in [1.29, 1.82) is 5.26 Å². The average Bonchev–Trinajstić information content (AvgIpc) is 3.04. The summed E-state index contributed by atoms with van der Waals surface area (Å²) < 4.78 is 10.9. The van der Waals surface area contributed by atoms with Crippen molar-refractivity contribution in [3.63, 3.8) is 0 Å². The smallest absolute Gasteiger partial charge is 0.322 e. The van der Waals surface area contributed by atoms with Crippen LogP contribution in [0.2, 0.25) is 0 Å². The zero-order valence-electron chi connectivity index (χ0n) is 28.0. The summed E-state index contributed by atoms with van der Waals surface area (Å²) in [5.41, 5.74) is 0.0334. The van der Waals surface area contributed by atoms with Gasteiger partial charge in [0.15, 0.2) is 0 Å². The summed E-state index contributed by atoms with van der Waals surface area (Å²) in [6, 6.07) is 21.7. The van der Waals surface area contributed by atoms with Crippen molar-refractivity contribution in [2.24, 2.45) is 10.8 Å². The molecule has 252 valence electrons. The first-order valence-electron chi connectivity index (χ1n) is 16.2. The molecule has 0 bridgehead atoms. The van der Waals surface area contributed by atoms with E-state index in [0.717, 1.165) is 24.0 Å². The SMILES string of the molecule is CCCCOC(=O)C(C)(CC(CC(C)(C)C#N)c1ccccc1)CC(C)(SC(=S)c1ccccc1)C(=O)OCCCCC(O)CO. The molecule has 9 heteroatoms. The lowest BCUT2D eigenvalue weighted by atomic mass is 9.69. The number of unbranched alkanes of at least 4 members (excludes halogenated alkanes) is 2. The molecule has 7 nitrogen and oxygen atoms in total. The van der Waals surface area contributed by atoms with E-state index in [0.29, 0.717) is 36.3 Å². The van der Waals surface area contributed by atoms with Gasteiger partial charge >= 0.3 is 11.9 Å². The van der Waals surface area contributed by atoms with E-state index >= 15 is 0 Å². The van der Waals surface area contributed by atoms with Crippen LogP contribution in [0.25, 0.3) is 0 Å². The highest BCUT2D eigenvalue weighted by atomic mass is 32.2. The molecule has 0 fully saturated rings. The molecule has 4 unspecified atom stereocenters. The minimum atomic E-state index is -1.25. The number of benzene rings is 2. The third kappa shape index (κ3) is 12.8. The van der Waals surface area contributed by atoms with Gasteiger partial charge in [0.2, 0.25) is 0 Å². The number of esters is 2. The van der Waals surface area contributed by atoms with E-state index in [9.17, 15) is 20.0 Å². The number of ether oxygens (including phenoxy) is 2. The molecule has 0 aliphatic carbocycles. The van der Waals surface area contributed by atoms with Crippen LogP contribution in [0.1, 0.15) is 103 Å². The van der Waals surface area contributed by atoms with E-state index in [2.05, 4.69) is 6.07 Å². The highest BCUT2D eigenvalue weighted by Gasteiger charge is 2.49. The molecular weight excluding hydrogens is 619 g/mol. The highest BCUT2D eigenvalue weighted by molar-refractivity contribution is 8.25. The Morgan fingerprint density at radius 1 is 0.913 bits per heavy atom. The predicted molar refractivity (Wildman–Crippen MR) is 188 cm³/mol. The number of thioether (sulfide) groups is 1. The quantitative estimate of drug-likeness (QED) is 0.0828. The second kappa shape index (κ2) is 19.1. The summed E-state index contributed by atoms with van der Waals surface area (Å²) in [6.07, 6.45) is 3.26. The number of carbonyl (C=O) groups is 2. The van der Waals surface area contributed by atoms with Crippen LogP contribution in [0.4, 0.5) is 0 Å². The van der Waals surface area contributed by atoms with Crippen molar-refractivity contribution in [1.82, 2.24) is 0 Å². The third-order valence-corrected chi connectivity index (χ3v) is 9.78. The van der Waals surface area contributed by atoms with Gasteiger partial charge in [-0.2, -0.15) is 5.26 Å². The van der Waals surface area contributed by atoms with Gasteiger partial charge in [-0.25, -0.2) is 0 Å². The maximum atomic E-state index is 14.1. The molecule has 0 aliphatic rings. The van der Waals surface area contributed by atoms with Gasteiger partial charge in [-0.15, -0.1) is 0 Å². The van der Waals surface area contributed by atoms with Crippen molar-refractivity contribution in [2.45, 2.75) is 103 Å². The van der Waals surface area contributed by atoms with Gasteiger partial charge in [0.1, 0.15) is 4.75 Å². The fraction of sp³-hybridized carbons (Fsp3) is 0.568. The molecule has 46 heavy (non-hydrogen) atoms. The average molecular weight is 670 g/mol. The normalized spacial score (nSPS) is 15.4. The fourth-order valence-corrected chi connectivity index (χ4v) is 7.46. The van der Waals surface area contributed by atoms with Gasteiger partial charge < -0.3 is 19.7 Å². The number of nitrogens with zero attached hydrogens (tertiary/aromatic N) is 1. The van der Waals surface area contributed by atoms with Crippen molar-refractivity contribution in [3.05, 3.63) is 71.8 Å². The van der Waals surface area contributed by atoms with Crippen LogP contribution in [0.5, 0.6) is 0 Å². The minimum Gasteiger partial charge on any atom is -0.465 e. The van der Waals surface area contributed by atoms with Gasteiger partial charge in [-0.1, -0.05) is 98.0 Å². The van der Waals surface area contributed by atoms with Gasteiger partial charge in [0, 0.05) is 0 Å². The molecule has 0 radical (unpaired) electrons. The second-order valence-electron chi connectivity index (χ2n) is 13.2. The molecule has 0 aliphatic heterocycles. The Labute approximate surface area is 285 Å². The first-order chi connectivity index (χ1) is 21.8. The van der Waals surface area contributed by atoms with Crippen LogP contribution in [-0.4, -0.2) is 57.0 Å². The Morgan fingerprint density at radius 3 is 2.09 bits per heavy atom. The zero-order valence-corrected chi connectivity index (χ0v) is 29.6. The van der Waals surface area contributed by atoms with Gasteiger partial charge in [-0.3, -0.25) is 9.59 Å². The van der Waals surface area contributed by atoms with E-state index in [4.69, 9.17) is 26.8 Å². The van der Waals surface area contributed by atoms with E-state index in [-0.39, 0.29) is 38.1 Å². The molecule has 4 atom stereocenters. The Kier molecular flexibility index (Phi) is 16.4. The van der Waals surface area contributed by atoms with Crippen molar-refractivity contribution >= 4 is 40.1 Å². The highest BCUT2D eigenvalue weighted by Crippen LogP contribution is 2.48. The molecule has 0 amide bonds. The summed E-state index contributed by atoms with van der Waals surface area (Å²) in [7, 11) is 0. The Balaban J connectivity index is 2.50. The molecule has 0 saturated carbocycles. The molecule has 2 aromatic rings. The number of aliphatic hydroxyl groups excluding tert-OH is 2. The van der Waals surface area contributed by atoms with Crippen LogP contribution in [-0.2, 0) is 19.1 Å². The topological polar surface area (TPSA) is 117 Å². The first kappa shape index (κ1) is 39.4. The van der Waals surface area contributed by atoms with E-state index in [1.165, 1.54) is 11.8 Å². The van der Waals surface area contributed by atoms with Crippen LogP contribution in [0.15, 0.2) is 60.7 Å². The lowest BCUT2D eigenvalue weighted by Gasteiger charge is -2.39. The van der Waals surface area contributed by atoms with Crippen molar-refractivity contribution in [2.75, 3.05) is 19.8 Å². The van der Waals surface area contributed by atoms with E-state index < -0.39 is 27.7 Å². The lowest BCUT2D eigenvalue weighted by molar-refractivity contribution is -0.158. The van der Waals surface area contributed by atoms with Crippen LogP contribution < -0.4 is 0 Å². The Hall–Kier alpha value is -2.77. The molecule has 0 aromatic heterocycles. The molecule has 2 aromatic carbocycles. The number of carbonyl (C=O) groups excluding carboxylic acids is 2. The fourth-order valence-electron chi connectivity index (χ4n) is 5.57. The number of hydrogen-bond donors (Lipinski definition) is 2. The molecule has 0 saturated heterocycles. The first-order valence-corrected chi connectivity index (χ1v) is 17.4. The van der Waals surface area contributed by atoms with Crippen LogP contribution in [0.3, 0.4) is 0 Å².